The summed E-state index contributed by atoms with van der Waals surface area (Å²) >= 11 is 3.46. The van der Waals surface area contributed by atoms with Crippen molar-refractivity contribution in [2.24, 2.45) is 0 Å². The quantitative estimate of drug-likeness (QED) is 0.601. The van der Waals surface area contributed by atoms with Gasteiger partial charge in [0.1, 0.15) is 5.82 Å². The van der Waals surface area contributed by atoms with Crippen LogP contribution >= 0.6 is 15.9 Å². The number of H-pyrrole nitrogens is 1. The molecule has 8 heteroatoms. The number of halogens is 1. The number of likely N-dealkylation sites (tertiary alicyclic amines) is 1. The molecule has 0 atom stereocenters. The number of carbonyl (C=O) groups excluding carboxylic acids is 2. The summed E-state index contributed by atoms with van der Waals surface area (Å²) < 4.78 is 0. The van der Waals surface area contributed by atoms with Crippen LogP contribution in [0.25, 0.3) is 6.08 Å². The Morgan fingerprint density at radius 3 is 2.79 bits per heavy atom. The van der Waals surface area contributed by atoms with Crippen molar-refractivity contribution < 1.29 is 9.59 Å². The minimum atomic E-state index is -0.188. The summed E-state index contributed by atoms with van der Waals surface area (Å²) in [5.41, 5.74) is 4.19. The lowest BCUT2D eigenvalue weighted by atomic mass is 10.0. The highest BCUT2D eigenvalue weighted by molar-refractivity contribution is 9.09. The van der Waals surface area contributed by atoms with Gasteiger partial charge in [0.15, 0.2) is 5.82 Å². The minimum absolute atomic E-state index is 0.0523. The highest BCUT2D eigenvalue weighted by Gasteiger charge is 2.21. The van der Waals surface area contributed by atoms with Gasteiger partial charge in [-0.05, 0) is 55.2 Å². The molecule has 29 heavy (non-hydrogen) atoms. The number of hydrogen-bond acceptors (Lipinski definition) is 4. The molecule has 0 bridgehead atoms. The zero-order valence-corrected chi connectivity index (χ0v) is 17.9. The highest BCUT2D eigenvalue weighted by atomic mass is 79.9. The lowest BCUT2D eigenvalue weighted by Gasteiger charge is -2.17. The predicted molar refractivity (Wildman–Crippen MR) is 116 cm³/mol. The first-order valence-electron chi connectivity index (χ1n) is 9.81. The van der Waals surface area contributed by atoms with Gasteiger partial charge in [-0.25, -0.2) is 4.98 Å². The van der Waals surface area contributed by atoms with E-state index in [9.17, 15) is 9.59 Å². The van der Waals surface area contributed by atoms with Crippen LogP contribution < -0.4 is 10.6 Å². The average Bonchev–Trinajstić information content (AvgIpc) is 3.40. The first-order chi connectivity index (χ1) is 14.0. The Morgan fingerprint density at radius 1 is 1.28 bits per heavy atom. The third kappa shape index (κ3) is 4.22. The molecular formula is C21H24BrN5O2. The first-order valence-corrected chi connectivity index (χ1v) is 10.9. The van der Waals surface area contributed by atoms with Crippen LogP contribution in [0.1, 0.15) is 50.6 Å². The molecule has 0 spiro atoms. The molecule has 2 aromatic rings. The van der Waals surface area contributed by atoms with Crippen LogP contribution in [0.15, 0.2) is 23.8 Å². The van der Waals surface area contributed by atoms with Gasteiger partial charge in [0.2, 0.25) is 0 Å². The SMILES string of the molecule is Cc1cc(C(=O)NCc2nc3c([nH]2)C=C(CBr)CN3)ccc1C(=O)N1CCCC1. The topological polar surface area (TPSA) is 90.1 Å². The number of benzene rings is 1. The summed E-state index contributed by atoms with van der Waals surface area (Å²) in [6.45, 7) is 4.57. The molecule has 0 radical (unpaired) electrons. The number of nitrogens with one attached hydrogen (secondary N) is 3. The third-order valence-corrected chi connectivity index (χ3v) is 6.03. The van der Waals surface area contributed by atoms with E-state index in [1.807, 2.05) is 11.8 Å². The monoisotopic (exact) mass is 457 g/mol. The van der Waals surface area contributed by atoms with Crippen molar-refractivity contribution in [2.75, 3.05) is 30.3 Å². The molecule has 2 amide bonds. The fourth-order valence-electron chi connectivity index (χ4n) is 3.70. The van der Waals surface area contributed by atoms with Crippen LogP contribution in [0.2, 0.25) is 0 Å². The summed E-state index contributed by atoms with van der Waals surface area (Å²) in [6.07, 6.45) is 4.19. The lowest BCUT2D eigenvalue weighted by Crippen LogP contribution is -2.28. The van der Waals surface area contributed by atoms with Gasteiger partial charge in [-0.2, -0.15) is 0 Å². The van der Waals surface area contributed by atoms with Crippen LogP contribution in [0.4, 0.5) is 5.82 Å². The van der Waals surface area contributed by atoms with E-state index in [0.717, 1.165) is 54.9 Å². The Kier molecular flexibility index (Phi) is 5.71. The maximum absolute atomic E-state index is 12.6. The van der Waals surface area contributed by atoms with E-state index >= 15 is 0 Å². The largest absolute Gasteiger partial charge is 0.364 e. The third-order valence-electron chi connectivity index (χ3n) is 5.31. The van der Waals surface area contributed by atoms with Crippen LogP contribution in [-0.2, 0) is 6.54 Å². The molecule has 1 saturated heterocycles. The second kappa shape index (κ2) is 8.41. The molecule has 3 N–H and O–H groups in total. The van der Waals surface area contributed by atoms with Crippen LogP contribution in [-0.4, -0.2) is 51.6 Å². The highest BCUT2D eigenvalue weighted by Crippen LogP contribution is 2.22. The Morgan fingerprint density at radius 2 is 2.07 bits per heavy atom. The first kappa shape index (κ1) is 19.7. The molecule has 1 fully saturated rings. The molecular weight excluding hydrogens is 434 g/mol. The second-order valence-electron chi connectivity index (χ2n) is 7.45. The Balaban J connectivity index is 1.40. The smallest absolute Gasteiger partial charge is 0.254 e. The summed E-state index contributed by atoms with van der Waals surface area (Å²) in [7, 11) is 0. The van der Waals surface area contributed by atoms with Gasteiger partial charge in [0.05, 0.1) is 12.2 Å². The number of aromatic nitrogens is 2. The molecule has 3 heterocycles. The van der Waals surface area contributed by atoms with Crippen molar-refractivity contribution in [3.63, 3.8) is 0 Å². The molecule has 0 aliphatic carbocycles. The number of imidazole rings is 1. The maximum Gasteiger partial charge on any atom is 0.254 e. The van der Waals surface area contributed by atoms with Crippen molar-refractivity contribution in [1.82, 2.24) is 20.2 Å². The molecule has 1 aromatic carbocycles. The Labute approximate surface area is 178 Å². The van der Waals surface area contributed by atoms with Crippen molar-refractivity contribution in [3.8, 4) is 0 Å². The van der Waals surface area contributed by atoms with Crippen molar-refractivity contribution in [3.05, 3.63) is 52.0 Å². The fraction of sp³-hybridized carbons (Fsp3) is 0.381. The van der Waals surface area contributed by atoms with Crippen molar-refractivity contribution in [1.29, 1.82) is 0 Å². The summed E-state index contributed by atoms with van der Waals surface area (Å²) in [4.78, 5) is 34.8. The van der Waals surface area contributed by atoms with Gasteiger partial charge in [-0.3, -0.25) is 9.59 Å². The lowest BCUT2D eigenvalue weighted by molar-refractivity contribution is 0.0791. The van der Waals surface area contributed by atoms with E-state index in [2.05, 4.69) is 42.6 Å². The number of carbonyl (C=O) groups is 2. The number of aromatic amines is 1. The number of rotatable bonds is 5. The number of amides is 2. The molecule has 0 unspecified atom stereocenters. The number of alkyl halides is 1. The fourth-order valence-corrected chi connectivity index (χ4v) is 4.06. The van der Waals surface area contributed by atoms with E-state index in [1.165, 1.54) is 5.57 Å². The van der Waals surface area contributed by atoms with E-state index < -0.39 is 0 Å². The van der Waals surface area contributed by atoms with E-state index in [0.29, 0.717) is 23.5 Å². The number of hydrogen-bond donors (Lipinski definition) is 3. The number of fused-ring (bicyclic) bond motifs is 1. The molecule has 152 valence electrons. The van der Waals surface area contributed by atoms with Gasteiger partial charge in [-0.1, -0.05) is 15.9 Å². The molecule has 0 saturated carbocycles. The minimum Gasteiger partial charge on any atom is -0.364 e. The predicted octanol–water partition coefficient (Wildman–Crippen LogP) is 3.09. The Bertz CT molecular complexity index is 975. The van der Waals surface area contributed by atoms with Crippen LogP contribution in [0.5, 0.6) is 0 Å². The zero-order valence-electron chi connectivity index (χ0n) is 16.3. The molecule has 2 aliphatic rings. The van der Waals surface area contributed by atoms with Gasteiger partial charge >= 0.3 is 0 Å². The van der Waals surface area contributed by atoms with Gasteiger partial charge in [0.25, 0.3) is 11.8 Å². The van der Waals surface area contributed by atoms with Crippen LogP contribution in [0, 0.1) is 6.92 Å². The molecule has 2 aliphatic heterocycles. The second-order valence-corrected chi connectivity index (χ2v) is 8.01. The number of aryl methyl sites for hydroxylation is 1. The van der Waals surface area contributed by atoms with E-state index in [4.69, 9.17) is 0 Å². The molecule has 4 rings (SSSR count). The maximum atomic E-state index is 12.6. The summed E-state index contributed by atoms with van der Waals surface area (Å²) in [5.74, 6) is 1.36. The standard InChI is InChI=1S/C21H24BrN5O2/c1-13-8-15(4-5-16(13)21(29)27-6-2-3-7-27)20(28)24-12-18-25-17-9-14(10-22)11-23-19(17)26-18/h4-5,8-9,23H,2-3,6-7,10-12H2,1H3,(H,24,28)(H,25,26). The van der Waals surface area contributed by atoms with Crippen molar-refractivity contribution >= 4 is 39.6 Å². The molecule has 7 nitrogen and oxygen atoms in total. The van der Waals surface area contributed by atoms with Crippen molar-refractivity contribution in [2.45, 2.75) is 26.3 Å². The zero-order chi connectivity index (χ0) is 20.4. The number of nitrogens with zero attached hydrogens (tertiary/aromatic N) is 2. The summed E-state index contributed by atoms with van der Waals surface area (Å²) in [5, 5.41) is 6.96. The van der Waals surface area contributed by atoms with Crippen LogP contribution in [0.3, 0.4) is 0 Å². The van der Waals surface area contributed by atoms with Gasteiger partial charge in [0, 0.05) is 36.1 Å². The van der Waals surface area contributed by atoms with Gasteiger partial charge in [-0.15, -0.1) is 0 Å². The van der Waals surface area contributed by atoms with E-state index in [-0.39, 0.29) is 11.8 Å². The molecule has 1 aromatic heterocycles. The Hall–Kier alpha value is -2.61. The van der Waals surface area contributed by atoms with Gasteiger partial charge < -0.3 is 20.5 Å². The summed E-state index contributed by atoms with van der Waals surface area (Å²) in [6, 6.07) is 5.25. The normalized spacial score (nSPS) is 15.5. The average molecular weight is 458 g/mol. The van der Waals surface area contributed by atoms with E-state index in [1.54, 1.807) is 18.2 Å². The number of anilines is 1.